The molecule has 3 N–H and O–H groups in total. The van der Waals surface area contributed by atoms with E-state index < -0.39 is 22.2 Å². The fourth-order valence-corrected chi connectivity index (χ4v) is 1.68. The van der Waals surface area contributed by atoms with Gasteiger partial charge < -0.3 is 10.8 Å². The van der Waals surface area contributed by atoms with Gasteiger partial charge in [-0.05, 0) is 18.9 Å². The molecule has 8 heteroatoms. The first-order chi connectivity index (χ1) is 8.68. The standard InChI is InChI=1S/C11H11ClN2O5/c1-11(9(13)15,10(16)17)5-6-2-3-7(14(18)19)4-8(6)12/h2-4H,5H2,1H3,(H2,13,15)(H,16,17). The number of primary amides is 1. The van der Waals surface area contributed by atoms with Crippen molar-refractivity contribution in [2.24, 2.45) is 11.1 Å². The van der Waals surface area contributed by atoms with E-state index in [0.29, 0.717) is 5.56 Å². The lowest BCUT2D eigenvalue weighted by Gasteiger charge is -2.21. The van der Waals surface area contributed by atoms with Gasteiger partial charge >= 0.3 is 5.97 Å². The van der Waals surface area contributed by atoms with Crippen molar-refractivity contribution in [3.05, 3.63) is 38.9 Å². The zero-order valence-corrected chi connectivity index (χ0v) is 10.7. The van der Waals surface area contributed by atoms with Gasteiger partial charge in [-0.15, -0.1) is 0 Å². The lowest BCUT2D eigenvalue weighted by Crippen LogP contribution is -2.43. The summed E-state index contributed by atoms with van der Waals surface area (Å²) in [5.74, 6) is -2.39. The van der Waals surface area contributed by atoms with Gasteiger partial charge in [0.2, 0.25) is 5.91 Å². The molecule has 19 heavy (non-hydrogen) atoms. The highest BCUT2D eigenvalue weighted by molar-refractivity contribution is 6.31. The van der Waals surface area contributed by atoms with Gasteiger partial charge in [0, 0.05) is 12.1 Å². The number of amides is 1. The molecule has 0 aliphatic rings. The van der Waals surface area contributed by atoms with E-state index in [2.05, 4.69) is 0 Å². The molecular weight excluding hydrogens is 276 g/mol. The van der Waals surface area contributed by atoms with Crippen LogP contribution >= 0.6 is 11.6 Å². The summed E-state index contributed by atoms with van der Waals surface area (Å²) in [6.07, 6.45) is -0.242. The lowest BCUT2D eigenvalue weighted by atomic mass is 9.83. The van der Waals surface area contributed by atoms with Gasteiger partial charge in [-0.25, -0.2) is 0 Å². The van der Waals surface area contributed by atoms with Crippen molar-refractivity contribution in [2.45, 2.75) is 13.3 Å². The molecule has 0 heterocycles. The molecular formula is C11H11ClN2O5. The van der Waals surface area contributed by atoms with E-state index in [1.54, 1.807) is 0 Å². The normalized spacial score (nSPS) is 13.6. The molecule has 1 aromatic rings. The van der Waals surface area contributed by atoms with E-state index in [4.69, 9.17) is 22.4 Å². The van der Waals surface area contributed by atoms with E-state index in [0.717, 1.165) is 6.07 Å². The summed E-state index contributed by atoms with van der Waals surface area (Å²) in [5.41, 5.74) is 3.34. The maximum atomic E-state index is 11.2. The highest BCUT2D eigenvalue weighted by Crippen LogP contribution is 2.29. The number of nitrogens with zero attached hydrogens (tertiary/aromatic N) is 1. The molecule has 7 nitrogen and oxygen atoms in total. The molecule has 1 atom stereocenters. The monoisotopic (exact) mass is 286 g/mol. The van der Waals surface area contributed by atoms with Crippen LogP contribution in [0.2, 0.25) is 5.02 Å². The van der Waals surface area contributed by atoms with Gasteiger partial charge in [0.15, 0.2) is 0 Å². The number of rotatable bonds is 5. The topological polar surface area (TPSA) is 124 Å². The maximum Gasteiger partial charge on any atom is 0.319 e. The van der Waals surface area contributed by atoms with Crippen LogP contribution in [0.15, 0.2) is 18.2 Å². The van der Waals surface area contributed by atoms with Gasteiger partial charge in [-0.2, -0.15) is 0 Å². The summed E-state index contributed by atoms with van der Waals surface area (Å²) in [5, 5.41) is 19.6. The number of non-ortho nitro benzene ring substituents is 1. The third-order valence-corrected chi connectivity index (χ3v) is 3.16. The molecule has 0 saturated carbocycles. The summed E-state index contributed by atoms with van der Waals surface area (Å²) in [7, 11) is 0. The van der Waals surface area contributed by atoms with Crippen LogP contribution in [0.25, 0.3) is 0 Å². The van der Waals surface area contributed by atoms with E-state index in [1.165, 1.54) is 19.1 Å². The molecule has 0 aliphatic heterocycles. The summed E-state index contributed by atoms with van der Waals surface area (Å²) in [6, 6.07) is 3.59. The lowest BCUT2D eigenvalue weighted by molar-refractivity contribution is -0.384. The Kier molecular flexibility index (Phi) is 4.10. The number of nitro groups is 1. The maximum absolute atomic E-state index is 11.2. The summed E-state index contributed by atoms with van der Waals surface area (Å²) >= 11 is 5.84. The molecule has 1 rings (SSSR count). The molecule has 0 aliphatic carbocycles. The predicted octanol–water partition coefficient (Wildman–Crippen LogP) is 1.37. The Morgan fingerprint density at radius 3 is 2.47 bits per heavy atom. The van der Waals surface area contributed by atoms with Crippen LogP contribution < -0.4 is 5.73 Å². The molecule has 0 saturated heterocycles. The molecule has 0 aromatic heterocycles. The molecule has 1 aromatic carbocycles. The van der Waals surface area contributed by atoms with E-state index in [9.17, 15) is 19.7 Å². The number of nitrogens with two attached hydrogens (primary N) is 1. The summed E-state index contributed by atoms with van der Waals surface area (Å²) < 4.78 is 0. The Labute approximate surface area is 113 Å². The van der Waals surface area contributed by atoms with E-state index >= 15 is 0 Å². The molecule has 0 spiro atoms. The van der Waals surface area contributed by atoms with Gasteiger partial charge in [-0.3, -0.25) is 19.7 Å². The number of benzene rings is 1. The van der Waals surface area contributed by atoms with Crippen LogP contribution in [0.3, 0.4) is 0 Å². The molecule has 0 bridgehead atoms. The molecule has 1 unspecified atom stereocenters. The Balaban J connectivity index is 3.15. The van der Waals surface area contributed by atoms with Gasteiger partial charge in [0.1, 0.15) is 5.41 Å². The second kappa shape index (κ2) is 5.23. The number of nitro benzene ring substituents is 1. The second-order valence-corrected chi connectivity index (χ2v) is 4.62. The van der Waals surface area contributed by atoms with Crippen molar-refractivity contribution in [1.82, 2.24) is 0 Å². The number of carbonyl (C=O) groups is 2. The first kappa shape index (κ1) is 14.9. The Morgan fingerprint density at radius 2 is 2.11 bits per heavy atom. The zero-order valence-electron chi connectivity index (χ0n) is 9.92. The highest BCUT2D eigenvalue weighted by atomic mass is 35.5. The minimum Gasteiger partial charge on any atom is -0.480 e. The quantitative estimate of drug-likeness (QED) is 0.480. The van der Waals surface area contributed by atoms with Crippen molar-refractivity contribution in [3.63, 3.8) is 0 Å². The third-order valence-electron chi connectivity index (χ3n) is 2.81. The predicted molar refractivity (Wildman–Crippen MR) is 66.7 cm³/mol. The van der Waals surface area contributed by atoms with Crippen molar-refractivity contribution in [3.8, 4) is 0 Å². The van der Waals surface area contributed by atoms with Crippen LogP contribution in [0.4, 0.5) is 5.69 Å². The van der Waals surface area contributed by atoms with E-state index in [-0.39, 0.29) is 17.1 Å². The Hall–Kier alpha value is -2.15. The Morgan fingerprint density at radius 1 is 1.53 bits per heavy atom. The third kappa shape index (κ3) is 3.00. The van der Waals surface area contributed by atoms with Crippen molar-refractivity contribution in [1.29, 1.82) is 0 Å². The number of carboxylic acid groups (broad SMARTS) is 1. The fourth-order valence-electron chi connectivity index (χ4n) is 1.44. The number of hydrogen-bond donors (Lipinski definition) is 2. The molecule has 0 fully saturated rings. The summed E-state index contributed by atoms with van der Waals surface area (Å²) in [6.45, 7) is 1.18. The van der Waals surface area contributed by atoms with Gasteiger partial charge in [0.25, 0.3) is 5.69 Å². The first-order valence-corrected chi connectivity index (χ1v) is 5.52. The fraction of sp³-hybridized carbons (Fsp3) is 0.273. The number of carboxylic acids is 1. The van der Waals surface area contributed by atoms with Crippen LogP contribution in [0.1, 0.15) is 12.5 Å². The van der Waals surface area contributed by atoms with Crippen LogP contribution in [-0.4, -0.2) is 21.9 Å². The zero-order chi connectivity index (χ0) is 14.8. The van der Waals surface area contributed by atoms with Crippen molar-refractivity contribution < 1.29 is 19.6 Å². The molecule has 1 amide bonds. The Bertz CT molecular complexity index is 544. The van der Waals surface area contributed by atoms with Gasteiger partial charge in [0.05, 0.1) is 9.95 Å². The van der Waals surface area contributed by atoms with Crippen LogP contribution in [0, 0.1) is 15.5 Å². The van der Waals surface area contributed by atoms with Gasteiger partial charge in [-0.1, -0.05) is 17.7 Å². The number of halogens is 1. The smallest absolute Gasteiger partial charge is 0.319 e. The first-order valence-electron chi connectivity index (χ1n) is 5.14. The molecule has 0 radical (unpaired) electrons. The number of hydrogen-bond acceptors (Lipinski definition) is 4. The van der Waals surface area contributed by atoms with Crippen LogP contribution in [-0.2, 0) is 16.0 Å². The average molecular weight is 287 g/mol. The largest absolute Gasteiger partial charge is 0.480 e. The number of carbonyl (C=O) groups excluding carboxylic acids is 1. The highest BCUT2D eigenvalue weighted by Gasteiger charge is 2.40. The minimum absolute atomic E-state index is 0.0166. The SMILES string of the molecule is CC(Cc1ccc([N+](=O)[O-])cc1Cl)(C(N)=O)C(=O)O. The van der Waals surface area contributed by atoms with Crippen molar-refractivity contribution in [2.75, 3.05) is 0 Å². The average Bonchev–Trinajstić information content (AvgIpc) is 2.30. The van der Waals surface area contributed by atoms with Crippen LogP contribution in [0.5, 0.6) is 0 Å². The molecule has 102 valence electrons. The summed E-state index contributed by atoms with van der Waals surface area (Å²) in [4.78, 5) is 32.3. The van der Waals surface area contributed by atoms with E-state index in [1.807, 2.05) is 0 Å². The van der Waals surface area contributed by atoms with Crippen molar-refractivity contribution >= 4 is 29.2 Å². The second-order valence-electron chi connectivity index (χ2n) is 4.21. The minimum atomic E-state index is -1.82. The number of aliphatic carboxylic acids is 1.